The topological polar surface area (TPSA) is 52.6 Å². The minimum Gasteiger partial charge on any atom is -0.508 e. The Hall–Kier alpha value is -1.55. The molecular weight excluding hydrogens is 264 g/mol. The Labute approximate surface area is 128 Å². The summed E-state index contributed by atoms with van der Waals surface area (Å²) >= 11 is 0. The third-order valence-electron chi connectivity index (χ3n) is 3.53. The van der Waals surface area contributed by atoms with Crippen molar-refractivity contribution in [1.82, 2.24) is 10.2 Å². The lowest BCUT2D eigenvalue weighted by Gasteiger charge is -2.21. The van der Waals surface area contributed by atoms with Crippen molar-refractivity contribution >= 4 is 5.91 Å². The van der Waals surface area contributed by atoms with E-state index < -0.39 is 0 Å². The quantitative estimate of drug-likeness (QED) is 0.652. The van der Waals surface area contributed by atoms with E-state index in [0.29, 0.717) is 19.6 Å². The Balaban J connectivity index is 2.30. The number of unbranched alkanes of at least 4 members (excludes halogenated alkanes) is 3. The first kappa shape index (κ1) is 17.5. The summed E-state index contributed by atoms with van der Waals surface area (Å²) in [4.78, 5) is 14.0. The fraction of sp³-hybridized carbons (Fsp3) is 0.588. The van der Waals surface area contributed by atoms with Crippen LogP contribution in [0.5, 0.6) is 5.75 Å². The molecule has 118 valence electrons. The van der Waals surface area contributed by atoms with Gasteiger partial charge in [0.15, 0.2) is 0 Å². The third-order valence-corrected chi connectivity index (χ3v) is 3.53. The highest BCUT2D eigenvalue weighted by Gasteiger charge is 2.11. The molecule has 0 heterocycles. The van der Waals surface area contributed by atoms with Gasteiger partial charge in [-0.1, -0.05) is 38.3 Å². The van der Waals surface area contributed by atoms with Crippen LogP contribution in [0.4, 0.5) is 0 Å². The molecule has 0 aromatic heterocycles. The molecule has 21 heavy (non-hydrogen) atoms. The van der Waals surface area contributed by atoms with E-state index in [0.717, 1.165) is 18.5 Å². The molecule has 1 amide bonds. The van der Waals surface area contributed by atoms with E-state index in [-0.39, 0.29) is 11.7 Å². The summed E-state index contributed by atoms with van der Waals surface area (Å²) in [6.07, 6.45) is 4.85. The van der Waals surface area contributed by atoms with E-state index in [1.807, 2.05) is 24.0 Å². The fourth-order valence-electron chi connectivity index (χ4n) is 2.18. The molecular formula is C17H28N2O2. The Bertz CT molecular complexity index is 404. The first-order valence-corrected chi connectivity index (χ1v) is 7.93. The number of carbonyl (C=O) groups excluding carboxylic acids is 1. The molecule has 0 saturated heterocycles. The van der Waals surface area contributed by atoms with Crippen molar-refractivity contribution in [1.29, 1.82) is 0 Å². The maximum Gasteiger partial charge on any atom is 0.236 e. The molecule has 0 saturated carbocycles. The predicted molar refractivity (Wildman–Crippen MR) is 86.2 cm³/mol. The van der Waals surface area contributed by atoms with Gasteiger partial charge >= 0.3 is 0 Å². The van der Waals surface area contributed by atoms with Crippen LogP contribution in [0.3, 0.4) is 0 Å². The zero-order valence-corrected chi connectivity index (χ0v) is 13.3. The van der Waals surface area contributed by atoms with Gasteiger partial charge in [-0.25, -0.2) is 0 Å². The van der Waals surface area contributed by atoms with Gasteiger partial charge in [0.2, 0.25) is 5.91 Å². The number of hydrogen-bond donors (Lipinski definition) is 2. The van der Waals surface area contributed by atoms with Crippen LogP contribution in [0.15, 0.2) is 24.3 Å². The number of likely N-dealkylation sites (N-methyl/N-ethyl adjacent to an activating group) is 1. The highest BCUT2D eigenvalue weighted by Crippen LogP contribution is 2.11. The molecule has 0 spiro atoms. The number of rotatable bonds is 10. The maximum atomic E-state index is 12.1. The number of nitrogens with one attached hydrogen (secondary N) is 1. The van der Waals surface area contributed by atoms with Crippen LogP contribution in [0, 0.1) is 0 Å². The smallest absolute Gasteiger partial charge is 0.236 e. The number of carbonyl (C=O) groups is 1. The first-order valence-electron chi connectivity index (χ1n) is 7.93. The highest BCUT2D eigenvalue weighted by atomic mass is 16.3. The van der Waals surface area contributed by atoms with Crippen LogP contribution in [0.2, 0.25) is 0 Å². The average Bonchev–Trinajstić information content (AvgIpc) is 2.50. The molecule has 1 aromatic carbocycles. The fourth-order valence-corrected chi connectivity index (χ4v) is 2.18. The van der Waals surface area contributed by atoms with Gasteiger partial charge < -0.3 is 15.3 Å². The molecule has 0 unspecified atom stereocenters. The van der Waals surface area contributed by atoms with Crippen LogP contribution in [0.25, 0.3) is 0 Å². The number of benzene rings is 1. The van der Waals surface area contributed by atoms with Gasteiger partial charge in [-0.2, -0.15) is 0 Å². The SMILES string of the molecule is CCCCCCNCC(=O)N(CC)Cc1ccc(O)cc1. The Morgan fingerprint density at radius 3 is 2.48 bits per heavy atom. The van der Waals surface area contributed by atoms with Crippen molar-refractivity contribution < 1.29 is 9.90 Å². The Morgan fingerprint density at radius 1 is 1.14 bits per heavy atom. The van der Waals surface area contributed by atoms with Crippen LogP contribution < -0.4 is 5.32 Å². The zero-order chi connectivity index (χ0) is 15.5. The lowest BCUT2D eigenvalue weighted by molar-refractivity contribution is -0.130. The summed E-state index contributed by atoms with van der Waals surface area (Å²) in [5, 5.41) is 12.5. The highest BCUT2D eigenvalue weighted by molar-refractivity contribution is 5.78. The molecule has 0 aliphatic rings. The molecule has 0 aliphatic carbocycles. The zero-order valence-electron chi connectivity index (χ0n) is 13.3. The largest absolute Gasteiger partial charge is 0.508 e. The second kappa shape index (κ2) is 10.2. The number of amides is 1. The second-order valence-electron chi connectivity index (χ2n) is 5.31. The van der Waals surface area contributed by atoms with Gasteiger partial charge in [-0.15, -0.1) is 0 Å². The molecule has 4 heteroatoms. The molecule has 0 aliphatic heterocycles. The van der Waals surface area contributed by atoms with Crippen LogP contribution >= 0.6 is 0 Å². The predicted octanol–water partition coefficient (Wildman–Crippen LogP) is 2.91. The summed E-state index contributed by atoms with van der Waals surface area (Å²) in [6, 6.07) is 7.01. The molecule has 0 fully saturated rings. The molecule has 1 rings (SSSR count). The Morgan fingerprint density at radius 2 is 1.86 bits per heavy atom. The molecule has 1 aromatic rings. The van der Waals surface area contributed by atoms with Crippen molar-refractivity contribution in [3.05, 3.63) is 29.8 Å². The maximum absolute atomic E-state index is 12.1. The van der Waals surface area contributed by atoms with Crippen LogP contribution in [-0.2, 0) is 11.3 Å². The number of phenols is 1. The number of hydrogen-bond acceptors (Lipinski definition) is 3. The molecule has 4 nitrogen and oxygen atoms in total. The van der Waals surface area contributed by atoms with Crippen LogP contribution in [-0.4, -0.2) is 35.5 Å². The van der Waals surface area contributed by atoms with E-state index in [4.69, 9.17) is 0 Å². The second-order valence-corrected chi connectivity index (χ2v) is 5.31. The summed E-state index contributed by atoms with van der Waals surface area (Å²) in [5.74, 6) is 0.378. The normalized spacial score (nSPS) is 10.6. The van der Waals surface area contributed by atoms with E-state index in [1.54, 1.807) is 12.1 Å². The molecule has 0 bridgehead atoms. The molecule has 0 atom stereocenters. The van der Waals surface area contributed by atoms with Gasteiger partial charge in [-0.05, 0) is 37.6 Å². The summed E-state index contributed by atoms with van der Waals surface area (Å²) in [5.41, 5.74) is 1.03. The first-order chi connectivity index (χ1) is 10.2. The summed E-state index contributed by atoms with van der Waals surface area (Å²) < 4.78 is 0. The Kier molecular flexibility index (Phi) is 8.51. The third kappa shape index (κ3) is 7.14. The number of aromatic hydroxyl groups is 1. The minimum atomic E-state index is 0.126. The van der Waals surface area contributed by atoms with Crippen molar-refractivity contribution in [3.8, 4) is 5.75 Å². The number of nitrogens with zero attached hydrogens (tertiary/aromatic N) is 1. The van der Waals surface area contributed by atoms with E-state index in [2.05, 4.69) is 12.2 Å². The standard InChI is InChI=1S/C17H28N2O2/c1-3-5-6-7-12-18-13-17(21)19(4-2)14-15-8-10-16(20)11-9-15/h8-11,18,20H,3-7,12-14H2,1-2H3. The van der Waals surface area contributed by atoms with Crippen molar-refractivity contribution in [3.63, 3.8) is 0 Å². The molecule has 2 N–H and O–H groups in total. The van der Waals surface area contributed by atoms with Crippen molar-refractivity contribution in [2.45, 2.75) is 46.1 Å². The van der Waals surface area contributed by atoms with Gasteiger partial charge in [0.05, 0.1) is 6.54 Å². The van der Waals surface area contributed by atoms with E-state index in [9.17, 15) is 9.90 Å². The minimum absolute atomic E-state index is 0.126. The monoisotopic (exact) mass is 292 g/mol. The van der Waals surface area contributed by atoms with Crippen molar-refractivity contribution in [2.75, 3.05) is 19.6 Å². The summed E-state index contributed by atoms with van der Waals surface area (Å²) in [7, 11) is 0. The van der Waals surface area contributed by atoms with E-state index >= 15 is 0 Å². The van der Waals surface area contributed by atoms with Gasteiger partial charge in [0, 0.05) is 13.1 Å². The van der Waals surface area contributed by atoms with Gasteiger partial charge in [0.25, 0.3) is 0 Å². The number of phenolic OH excluding ortho intramolecular Hbond substituents is 1. The van der Waals surface area contributed by atoms with Gasteiger partial charge in [0.1, 0.15) is 5.75 Å². The lowest BCUT2D eigenvalue weighted by Crippen LogP contribution is -2.37. The molecule has 0 radical (unpaired) electrons. The van der Waals surface area contributed by atoms with Crippen molar-refractivity contribution in [2.24, 2.45) is 0 Å². The van der Waals surface area contributed by atoms with E-state index in [1.165, 1.54) is 19.3 Å². The summed E-state index contributed by atoms with van der Waals surface area (Å²) in [6.45, 7) is 6.77. The van der Waals surface area contributed by atoms with Crippen LogP contribution in [0.1, 0.15) is 45.1 Å². The average molecular weight is 292 g/mol. The van der Waals surface area contributed by atoms with Gasteiger partial charge in [-0.3, -0.25) is 4.79 Å². The lowest BCUT2D eigenvalue weighted by atomic mass is 10.2.